The van der Waals surface area contributed by atoms with E-state index in [-0.39, 0.29) is 18.9 Å². The maximum atomic E-state index is 12.5. The molecule has 0 unspecified atom stereocenters. The average Bonchev–Trinajstić information content (AvgIpc) is 2.53. The first-order chi connectivity index (χ1) is 10.6. The van der Waals surface area contributed by atoms with Crippen LogP contribution in [0, 0.1) is 5.92 Å². The molecule has 2 rings (SSSR count). The van der Waals surface area contributed by atoms with E-state index in [2.05, 4.69) is 4.98 Å². The van der Waals surface area contributed by atoms with Crippen LogP contribution < -0.4 is 0 Å². The molecule has 0 aromatic carbocycles. The molecule has 0 bridgehead atoms. The third-order valence-electron chi connectivity index (χ3n) is 4.23. The maximum Gasteiger partial charge on any atom is 0.305 e. The van der Waals surface area contributed by atoms with Crippen LogP contribution in [0.2, 0.25) is 0 Å². The molecule has 5 nitrogen and oxygen atoms in total. The Bertz CT molecular complexity index is 484. The van der Waals surface area contributed by atoms with Crippen LogP contribution in [0.5, 0.6) is 0 Å². The van der Waals surface area contributed by atoms with Crippen LogP contribution in [0.4, 0.5) is 0 Å². The molecule has 5 heteroatoms. The van der Waals surface area contributed by atoms with Crippen LogP contribution in [0.1, 0.15) is 50.5 Å². The lowest BCUT2D eigenvalue weighted by molar-refractivity contribution is -0.139. The maximum absolute atomic E-state index is 12.5. The Labute approximate surface area is 131 Å². The number of aromatic nitrogens is 1. The van der Waals surface area contributed by atoms with Crippen LogP contribution in [0.25, 0.3) is 0 Å². The van der Waals surface area contributed by atoms with Gasteiger partial charge in [0.1, 0.15) is 0 Å². The Balaban J connectivity index is 1.95. The Morgan fingerprint density at radius 3 is 2.68 bits per heavy atom. The minimum atomic E-state index is -0.873. The number of rotatable bonds is 7. The van der Waals surface area contributed by atoms with Crippen molar-refractivity contribution < 1.29 is 14.7 Å². The summed E-state index contributed by atoms with van der Waals surface area (Å²) in [6, 6.07) is 3.74. The first kappa shape index (κ1) is 16.5. The van der Waals surface area contributed by atoms with E-state index in [1.54, 1.807) is 17.3 Å². The molecule has 0 radical (unpaired) electrons. The number of nitrogens with zero attached hydrogens (tertiary/aromatic N) is 2. The highest BCUT2D eigenvalue weighted by Crippen LogP contribution is 2.27. The molecule has 120 valence electrons. The van der Waals surface area contributed by atoms with Crippen LogP contribution in [0.15, 0.2) is 24.5 Å². The van der Waals surface area contributed by atoms with Crippen LogP contribution in [-0.2, 0) is 16.1 Å². The van der Waals surface area contributed by atoms with Gasteiger partial charge in [-0.25, -0.2) is 0 Å². The summed E-state index contributed by atoms with van der Waals surface area (Å²) < 4.78 is 0. The molecule has 0 atom stereocenters. The van der Waals surface area contributed by atoms with E-state index < -0.39 is 5.97 Å². The zero-order valence-corrected chi connectivity index (χ0v) is 12.9. The summed E-state index contributed by atoms with van der Waals surface area (Å²) in [5, 5.41) is 8.88. The van der Waals surface area contributed by atoms with Crippen molar-refractivity contribution in [3.05, 3.63) is 30.1 Å². The molecule has 1 fully saturated rings. The first-order valence-corrected chi connectivity index (χ1v) is 8.03. The average molecular weight is 304 g/mol. The van der Waals surface area contributed by atoms with E-state index in [0.29, 0.717) is 18.9 Å². The van der Waals surface area contributed by atoms with Crippen molar-refractivity contribution in [1.82, 2.24) is 9.88 Å². The molecule has 1 N–H and O–H groups in total. The molecule has 22 heavy (non-hydrogen) atoms. The van der Waals surface area contributed by atoms with Gasteiger partial charge in [0.2, 0.25) is 5.91 Å². The van der Waals surface area contributed by atoms with Gasteiger partial charge in [0.05, 0.1) is 6.42 Å². The second-order valence-corrected chi connectivity index (χ2v) is 6.03. The third kappa shape index (κ3) is 5.47. The summed E-state index contributed by atoms with van der Waals surface area (Å²) in [5.41, 5.74) is 0.935. The molecule has 1 aromatic rings. The van der Waals surface area contributed by atoms with Gasteiger partial charge in [0.15, 0.2) is 0 Å². The van der Waals surface area contributed by atoms with Gasteiger partial charge in [-0.1, -0.05) is 25.3 Å². The van der Waals surface area contributed by atoms with Crippen molar-refractivity contribution in [3.8, 4) is 0 Å². The Morgan fingerprint density at radius 2 is 2.05 bits per heavy atom. The molecule has 0 saturated heterocycles. The second kappa shape index (κ2) is 8.51. The second-order valence-electron chi connectivity index (χ2n) is 6.03. The predicted octanol–water partition coefficient (Wildman–Crippen LogP) is 2.86. The number of carbonyl (C=O) groups is 2. The zero-order chi connectivity index (χ0) is 15.8. The van der Waals surface area contributed by atoms with Crippen molar-refractivity contribution in [2.45, 2.75) is 51.5 Å². The van der Waals surface area contributed by atoms with Gasteiger partial charge in [-0.05, 0) is 30.4 Å². The van der Waals surface area contributed by atoms with E-state index in [0.717, 1.165) is 18.4 Å². The minimum Gasteiger partial charge on any atom is -0.481 e. The lowest BCUT2D eigenvalue weighted by Gasteiger charge is -2.26. The summed E-state index contributed by atoms with van der Waals surface area (Å²) in [6.07, 6.45) is 9.85. The van der Waals surface area contributed by atoms with Gasteiger partial charge in [0, 0.05) is 31.9 Å². The highest BCUT2D eigenvalue weighted by Gasteiger charge is 2.21. The zero-order valence-electron chi connectivity index (χ0n) is 12.9. The van der Waals surface area contributed by atoms with Crippen LogP contribution in [0.3, 0.4) is 0 Å². The largest absolute Gasteiger partial charge is 0.481 e. The first-order valence-electron chi connectivity index (χ1n) is 8.03. The molecular weight excluding hydrogens is 280 g/mol. The number of hydrogen-bond acceptors (Lipinski definition) is 3. The number of carbonyl (C=O) groups excluding carboxylic acids is 1. The molecule has 0 spiro atoms. The summed E-state index contributed by atoms with van der Waals surface area (Å²) in [6.45, 7) is 0.697. The van der Waals surface area contributed by atoms with Gasteiger partial charge in [-0.3, -0.25) is 14.6 Å². The van der Waals surface area contributed by atoms with E-state index >= 15 is 0 Å². The fourth-order valence-corrected chi connectivity index (χ4v) is 3.00. The number of carboxylic acids is 1. The number of aliphatic carboxylic acids is 1. The van der Waals surface area contributed by atoms with Crippen LogP contribution >= 0.6 is 0 Å². The Kier molecular flexibility index (Phi) is 6.37. The number of amides is 1. The predicted molar refractivity (Wildman–Crippen MR) is 83.1 cm³/mol. The smallest absolute Gasteiger partial charge is 0.305 e. The van der Waals surface area contributed by atoms with Gasteiger partial charge < -0.3 is 10.0 Å². The molecular formula is C17H24N2O3. The Morgan fingerprint density at radius 1 is 1.27 bits per heavy atom. The van der Waals surface area contributed by atoms with Gasteiger partial charge in [-0.15, -0.1) is 0 Å². The van der Waals surface area contributed by atoms with Crippen molar-refractivity contribution in [1.29, 1.82) is 0 Å². The summed E-state index contributed by atoms with van der Waals surface area (Å²) >= 11 is 0. The van der Waals surface area contributed by atoms with Gasteiger partial charge >= 0.3 is 5.97 Å². The van der Waals surface area contributed by atoms with Gasteiger partial charge in [0.25, 0.3) is 0 Å². The molecule has 1 aliphatic rings. The number of pyridine rings is 1. The van der Waals surface area contributed by atoms with Crippen molar-refractivity contribution in [2.24, 2.45) is 5.92 Å². The number of hydrogen-bond donors (Lipinski definition) is 1. The molecule has 0 aliphatic heterocycles. The van der Waals surface area contributed by atoms with Crippen molar-refractivity contribution in [2.75, 3.05) is 6.54 Å². The van der Waals surface area contributed by atoms with E-state index in [1.807, 2.05) is 12.1 Å². The molecule has 1 saturated carbocycles. The topological polar surface area (TPSA) is 70.5 Å². The highest BCUT2D eigenvalue weighted by atomic mass is 16.4. The monoisotopic (exact) mass is 304 g/mol. The van der Waals surface area contributed by atoms with E-state index in [4.69, 9.17) is 5.11 Å². The van der Waals surface area contributed by atoms with Gasteiger partial charge in [-0.2, -0.15) is 0 Å². The SMILES string of the molecule is O=C(O)CCN(Cc1cccnc1)C(=O)CC1CCCCC1. The molecule has 1 amide bonds. The lowest BCUT2D eigenvalue weighted by Crippen LogP contribution is -2.34. The lowest BCUT2D eigenvalue weighted by atomic mass is 9.86. The molecule has 1 aromatic heterocycles. The summed E-state index contributed by atoms with van der Waals surface area (Å²) in [4.78, 5) is 29.1. The quantitative estimate of drug-likeness (QED) is 0.841. The number of carboxylic acid groups (broad SMARTS) is 1. The summed E-state index contributed by atoms with van der Waals surface area (Å²) in [7, 11) is 0. The third-order valence-corrected chi connectivity index (χ3v) is 4.23. The van der Waals surface area contributed by atoms with E-state index in [9.17, 15) is 9.59 Å². The Hall–Kier alpha value is -1.91. The van der Waals surface area contributed by atoms with Crippen molar-refractivity contribution in [3.63, 3.8) is 0 Å². The molecule has 1 aliphatic carbocycles. The summed E-state index contributed by atoms with van der Waals surface area (Å²) in [5.74, 6) is -0.346. The standard InChI is InChI=1S/C17H24N2O3/c20-16(11-14-5-2-1-3-6-14)19(10-8-17(21)22)13-15-7-4-9-18-12-15/h4,7,9,12,14H,1-3,5-6,8,10-11,13H2,(H,21,22). The fourth-order valence-electron chi connectivity index (χ4n) is 3.00. The van der Waals surface area contributed by atoms with Crippen molar-refractivity contribution >= 4 is 11.9 Å². The van der Waals surface area contributed by atoms with E-state index in [1.165, 1.54) is 19.3 Å². The highest BCUT2D eigenvalue weighted by molar-refractivity contribution is 5.77. The minimum absolute atomic E-state index is 0.0172. The van der Waals surface area contributed by atoms with Crippen LogP contribution in [-0.4, -0.2) is 33.4 Å². The molecule has 1 heterocycles. The normalized spacial score (nSPS) is 15.5. The fraction of sp³-hybridized carbons (Fsp3) is 0.588.